The second-order valence-electron chi connectivity index (χ2n) is 7.11. The molecule has 1 aromatic heterocycles. The Hall–Kier alpha value is -2.87. The average molecular weight is 431 g/mol. The van der Waals surface area contributed by atoms with E-state index in [2.05, 4.69) is 4.98 Å². The van der Waals surface area contributed by atoms with Gasteiger partial charge in [-0.2, -0.15) is 0 Å². The number of nitrogens with zero attached hydrogens (tertiary/aromatic N) is 2. The van der Waals surface area contributed by atoms with E-state index in [-0.39, 0.29) is 11.4 Å². The molecule has 2 aromatic rings. The van der Waals surface area contributed by atoms with Crippen LogP contribution in [-0.2, 0) is 4.79 Å². The van der Waals surface area contributed by atoms with Crippen LogP contribution in [0, 0.1) is 13.8 Å². The highest BCUT2D eigenvalue weighted by molar-refractivity contribution is 7.14. The van der Waals surface area contributed by atoms with Crippen LogP contribution in [0.3, 0.4) is 0 Å². The van der Waals surface area contributed by atoms with Gasteiger partial charge in [0.05, 0.1) is 41.4 Å². The lowest BCUT2D eigenvalue weighted by atomic mass is 9.94. The van der Waals surface area contributed by atoms with Crippen molar-refractivity contribution in [3.8, 4) is 11.5 Å². The quantitative estimate of drug-likeness (QED) is 0.633. The number of aryl methyl sites for hydroxylation is 2. The van der Waals surface area contributed by atoms with Crippen LogP contribution in [0.15, 0.2) is 29.5 Å². The molecule has 0 radical (unpaired) electrons. The van der Waals surface area contributed by atoms with Crippen molar-refractivity contribution >= 4 is 23.0 Å². The Morgan fingerprint density at radius 3 is 2.50 bits per heavy atom. The van der Waals surface area contributed by atoms with Gasteiger partial charge in [-0.05, 0) is 38.0 Å². The third kappa shape index (κ3) is 3.79. The van der Waals surface area contributed by atoms with Gasteiger partial charge in [0.2, 0.25) is 5.78 Å². The number of unbranched alkanes of at least 4 members (excludes halogenated alkanes) is 1. The third-order valence-corrected chi connectivity index (χ3v) is 6.21. The number of amides is 1. The zero-order valence-corrected chi connectivity index (χ0v) is 18.6. The van der Waals surface area contributed by atoms with Crippen LogP contribution in [0.2, 0.25) is 0 Å². The van der Waals surface area contributed by atoms with Gasteiger partial charge in [-0.15, -0.1) is 11.3 Å². The highest BCUT2D eigenvalue weighted by atomic mass is 32.1. The van der Waals surface area contributed by atoms with Gasteiger partial charge in [0.1, 0.15) is 0 Å². The summed E-state index contributed by atoms with van der Waals surface area (Å²) in [5.41, 5.74) is 1.34. The lowest BCUT2D eigenvalue weighted by Crippen LogP contribution is -2.32. The van der Waals surface area contributed by atoms with Crippen LogP contribution in [-0.4, -0.2) is 47.4 Å². The van der Waals surface area contributed by atoms with E-state index < -0.39 is 17.7 Å². The van der Waals surface area contributed by atoms with E-state index >= 15 is 0 Å². The second kappa shape index (κ2) is 8.87. The first-order valence-corrected chi connectivity index (χ1v) is 10.6. The molecule has 0 saturated carbocycles. The van der Waals surface area contributed by atoms with Crippen LogP contribution >= 0.6 is 11.3 Å². The summed E-state index contributed by atoms with van der Waals surface area (Å²) in [5.74, 6) is -0.379. The summed E-state index contributed by atoms with van der Waals surface area (Å²) in [6.07, 6.45) is 1.63. The number of aliphatic hydroxyl groups excluding tert-OH is 1. The van der Waals surface area contributed by atoms with Crippen molar-refractivity contribution in [1.29, 1.82) is 0 Å². The summed E-state index contributed by atoms with van der Waals surface area (Å²) in [5, 5.41) is 11.5. The van der Waals surface area contributed by atoms with E-state index in [0.717, 1.165) is 17.8 Å². The van der Waals surface area contributed by atoms with Crippen LogP contribution in [0.25, 0.3) is 0 Å². The smallest absolute Gasteiger partial charge is 0.290 e. The molecule has 0 saturated heterocycles. The number of carbonyl (C=O) groups excluding carboxylic acids is 2. The van der Waals surface area contributed by atoms with Crippen molar-refractivity contribution in [3.63, 3.8) is 0 Å². The molecule has 0 fully saturated rings. The molecule has 1 aliphatic rings. The molecule has 1 unspecified atom stereocenters. The third-order valence-electron chi connectivity index (χ3n) is 5.13. The van der Waals surface area contributed by atoms with Crippen LogP contribution in [0.1, 0.15) is 51.7 Å². The first-order chi connectivity index (χ1) is 14.3. The Morgan fingerprint density at radius 1 is 1.23 bits per heavy atom. The fourth-order valence-electron chi connectivity index (χ4n) is 3.68. The standard InChI is InChI=1S/C22H26N2O5S/c1-6-7-10-24-18(14-8-9-15(28-4)16(11-14)29-5)17(20(26)22(24)27)19(25)21-12(2)23-13(3)30-21/h8-9,11,18,26H,6-7,10H2,1-5H3. The topological polar surface area (TPSA) is 89.0 Å². The lowest BCUT2D eigenvalue weighted by molar-refractivity contribution is -0.129. The van der Waals surface area contributed by atoms with E-state index in [9.17, 15) is 14.7 Å². The Kier molecular flexibility index (Phi) is 6.45. The van der Waals surface area contributed by atoms with Crippen molar-refractivity contribution in [2.24, 2.45) is 0 Å². The normalized spacial score (nSPS) is 16.4. The molecule has 7 nitrogen and oxygen atoms in total. The summed E-state index contributed by atoms with van der Waals surface area (Å²) in [7, 11) is 3.07. The number of carbonyl (C=O) groups is 2. The SMILES string of the molecule is CCCCN1C(=O)C(O)=C(C(=O)c2sc(C)nc2C)C1c1ccc(OC)c(OC)c1. The van der Waals surface area contributed by atoms with Gasteiger partial charge in [-0.1, -0.05) is 19.4 Å². The van der Waals surface area contributed by atoms with E-state index in [0.29, 0.717) is 34.2 Å². The number of ether oxygens (including phenoxy) is 2. The van der Waals surface area contributed by atoms with Crippen molar-refractivity contribution in [1.82, 2.24) is 9.88 Å². The molecule has 0 aliphatic carbocycles. The maximum atomic E-state index is 13.4. The highest BCUT2D eigenvalue weighted by Gasteiger charge is 2.44. The summed E-state index contributed by atoms with van der Waals surface area (Å²) in [6.45, 7) is 6.03. The molecular formula is C22H26N2O5S. The van der Waals surface area contributed by atoms with E-state index in [1.165, 1.54) is 18.4 Å². The molecule has 1 amide bonds. The zero-order valence-electron chi connectivity index (χ0n) is 17.8. The number of aliphatic hydroxyl groups is 1. The predicted molar refractivity (Wildman–Crippen MR) is 114 cm³/mol. The maximum Gasteiger partial charge on any atom is 0.290 e. The first kappa shape index (κ1) is 21.8. The minimum absolute atomic E-state index is 0.0788. The Bertz CT molecular complexity index is 1010. The number of Topliss-reactive ketones (excluding diaryl/α,β-unsaturated/α-hetero) is 1. The molecule has 2 heterocycles. The van der Waals surface area contributed by atoms with Gasteiger partial charge in [0, 0.05) is 6.54 Å². The zero-order chi connectivity index (χ0) is 22.0. The maximum absolute atomic E-state index is 13.4. The second-order valence-corrected chi connectivity index (χ2v) is 8.31. The van der Waals surface area contributed by atoms with Gasteiger partial charge in [0.25, 0.3) is 5.91 Å². The highest BCUT2D eigenvalue weighted by Crippen LogP contribution is 2.42. The van der Waals surface area contributed by atoms with Crippen molar-refractivity contribution in [3.05, 3.63) is 50.7 Å². The number of ketones is 1. The largest absolute Gasteiger partial charge is 0.503 e. The van der Waals surface area contributed by atoms with Crippen molar-refractivity contribution in [2.75, 3.05) is 20.8 Å². The number of thiazole rings is 1. The van der Waals surface area contributed by atoms with Gasteiger partial charge >= 0.3 is 0 Å². The molecule has 160 valence electrons. The number of benzene rings is 1. The fourth-order valence-corrected chi connectivity index (χ4v) is 4.55. The molecule has 8 heteroatoms. The minimum atomic E-state index is -0.710. The number of hydrogen-bond donors (Lipinski definition) is 1. The molecule has 1 atom stereocenters. The minimum Gasteiger partial charge on any atom is -0.503 e. The number of aromatic nitrogens is 1. The molecule has 0 bridgehead atoms. The molecular weight excluding hydrogens is 404 g/mol. The van der Waals surface area contributed by atoms with Crippen molar-refractivity contribution in [2.45, 2.75) is 39.7 Å². The number of hydrogen-bond acceptors (Lipinski definition) is 7. The summed E-state index contributed by atoms with van der Waals surface area (Å²) in [6, 6.07) is 4.55. The molecule has 0 spiro atoms. The van der Waals surface area contributed by atoms with Crippen LogP contribution in [0.5, 0.6) is 11.5 Å². The summed E-state index contributed by atoms with van der Waals surface area (Å²) < 4.78 is 10.7. The molecule has 30 heavy (non-hydrogen) atoms. The predicted octanol–water partition coefficient (Wildman–Crippen LogP) is 4.16. The summed E-state index contributed by atoms with van der Waals surface area (Å²) >= 11 is 1.26. The van der Waals surface area contributed by atoms with E-state index in [4.69, 9.17) is 9.47 Å². The number of rotatable bonds is 8. The van der Waals surface area contributed by atoms with Crippen LogP contribution < -0.4 is 9.47 Å². The Balaban J connectivity index is 2.14. The molecule has 1 aromatic carbocycles. The average Bonchev–Trinajstić information content (AvgIpc) is 3.21. The van der Waals surface area contributed by atoms with E-state index in [1.807, 2.05) is 13.8 Å². The fraction of sp³-hybridized carbons (Fsp3) is 0.409. The lowest BCUT2D eigenvalue weighted by Gasteiger charge is -2.27. The monoisotopic (exact) mass is 430 g/mol. The molecule has 3 rings (SSSR count). The van der Waals surface area contributed by atoms with Crippen LogP contribution in [0.4, 0.5) is 0 Å². The Morgan fingerprint density at radius 2 is 1.93 bits per heavy atom. The molecule has 1 N–H and O–H groups in total. The van der Waals surface area contributed by atoms with Gasteiger partial charge in [0.15, 0.2) is 17.3 Å². The van der Waals surface area contributed by atoms with Crippen molar-refractivity contribution < 1.29 is 24.2 Å². The summed E-state index contributed by atoms with van der Waals surface area (Å²) in [4.78, 5) is 32.7. The first-order valence-electron chi connectivity index (χ1n) is 9.78. The van der Waals surface area contributed by atoms with Gasteiger partial charge < -0.3 is 19.5 Å². The van der Waals surface area contributed by atoms with Gasteiger partial charge in [-0.25, -0.2) is 4.98 Å². The van der Waals surface area contributed by atoms with Gasteiger partial charge in [-0.3, -0.25) is 9.59 Å². The Labute approximate surface area is 180 Å². The molecule has 1 aliphatic heterocycles. The number of methoxy groups -OCH3 is 2. The van der Waals surface area contributed by atoms with E-state index in [1.54, 1.807) is 37.1 Å².